The summed E-state index contributed by atoms with van der Waals surface area (Å²) in [6, 6.07) is 18.3. The average molecular weight is 490 g/mol. The first-order valence-corrected chi connectivity index (χ1v) is 11.8. The van der Waals surface area contributed by atoms with E-state index in [1.54, 1.807) is 49.4 Å². The van der Waals surface area contributed by atoms with E-state index in [0.29, 0.717) is 21.3 Å². The fraction of sp³-hybridized carbons (Fsp3) is 0.130. The molecule has 0 aromatic heterocycles. The van der Waals surface area contributed by atoms with E-state index in [1.165, 1.54) is 18.3 Å². The summed E-state index contributed by atoms with van der Waals surface area (Å²) in [5.74, 6) is -0.596. The van der Waals surface area contributed by atoms with Crippen LogP contribution >= 0.6 is 23.2 Å². The molecule has 6 nitrogen and oxygen atoms in total. The fourth-order valence-electron chi connectivity index (χ4n) is 2.94. The van der Waals surface area contributed by atoms with Crippen molar-refractivity contribution >= 4 is 51.0 Å². The number of hydrogen-bond acceptors (Lipinski definition) is 4. The van der Waals surface area contributed by atoms with Crippen LogP contribution in [0.1, 0.15) is 16.7 Å². The number of carbonyl (C=O) groups excluding carboxylic acids is 1. The Hall–Kier alpha value is -2.87. The molecule has 0 aliphatic rings. The first-order valence-electron chi connectivity index (χ1n) is 9.60. The highest BCUT2D eigenvalue weighted by Gasteiger charge is 2.28. The van der Waals surface area contributed by atoms with Crippen molar-refractivity contribution in [2.24, 2.45) is 5.10 Å². The first-order chi connectivity index (χ1) is 15.2. The van der Waals surface area contributed by atoms with Gasteiger partial charge in [-0.3, -0.25) is 9.10 Å². The van der Waals surface area contributed by atoms with Gasteiger partial charge in [-0.25, -0.2) is 13.8 Å². The normalized spacial score (nSPS) is 11.5. The number of sulfonamides is 1. The molecule has 166 valence electrons. The largest absolute Gasteiger partial charge is 0.271 e. The lowest BCUT2D eigenvalue weighted by Crippen LogP contribution is -2.40. The second kappa shape index (κ2) is 10.2. The molecule has 0 unspecified atom stereocenters. The molecule has 0 spiro atoms. The van der Waals surface area contributed by atoms with Gasteiger partial charge in [-0.2, -0.15) is 5.10 Å². The third-order valence-corrected chi connectivity index (χ3v) is 7.11. The van der Waals surface area contributed by atoms with Crippen LogP contribution in [0.4, 0.5) is 5.69 Å². The summed E-state index contributed by atoms with van der Waals surface area (Å²) < 4.78 is 27.8. The Balaban J connectivity index is 1.87. The van der Waals surface area contributed by atoms with Gasteiger partial charge < -0.3 is 0 Å². The number of carbonyl (C=O) groups is 1. The van der Waals surface area contributed by atoms with E-state index in [0.717, 1.165) is 15.4 Å². The van der Waals surface area contributed by atoms with Crippen molar-refractivity contribution in [2.75, 3.05) is 10.8 Å². The second-order valence-electron chi connectivity index (χ2n) is 7.08. The predicted molar refractivity (Wildman–Crippen MR) is 129 cm³/mol. The Morgan fingerprint density at radius 2 is 1.72 bits per heavy atom. The Kier molecular flexibility index (Phi) is 7.56. The smallest absolute Gasteiger partial charge is 0.264 e. The highest BCUT2D eigenvalue weighted by molar-refractivity contribution is 7.92. The molecular formula is C23H21Cl2N3O3S. The van der Waals surface area contributed by atoms with Gasteiger partial charge in [0.05, 0.1) is 26.8 Å². The van der Waals surface area contributed by atoms with Crippen molar-refractivity contribution in [1.82, 2.24) is 5.43 Å². The van der Waals surface area contributed by atoms with Gasteiger partial charge in [-0.1, -0.05) is 59.6 Å². The van der Waals surface area contributed by atoms with E-state index in [9.17, 15) is 13.2 Å². The van der Waals surface area contributed by atoms with E-state index < -0.39 is 22.5 Å². The quantitative estimate of drug-likeness (QED) is 0.376. The van der Waals surface area contributed by atoms with Crippen LogP contribution in [0, 0.1) is 13.8 Å². The van der Waals surface area contributed by atoms with Crippen molar-refractivity contribution < 1.29 is 13.2 Å². The Morgan fingerprint density at radius 1 is 1.00 bits per heavy atom. The summed E-state index contributed by atoms with van der Waals surface area (Å²) in [5, 5.41) is 4.67. The predicted octanol–water partition coefficient (Wildman–Crippen LogP) is 4.96. The molecule has 0 saturated carbocycles. The van der Waals surface area contributed by atoms with Crippen LogP contribution in [0.5, 0.6) is 0 Å². The third-order valence-electron chi connectivity index (χ3n) is 4.60. The van der Waals surface area contributed by atoms with E-state index in [1.807, 2.05) is 19.1 Å². The maximum Gasteiger partial charge on any atom is 0.264 e. The summed E-state index contributed by atoms with van der Waals surface area (Å²) in [5.41, 5.74) is 5.02. The fourth-order valence-corrected chi connectivity index (χ4v) is 4.75. The number of anilines is 1. The van der Waals surface area contributed by atoms with Crippen LogP contribution in [0.15, 0.2) is 76.7 Å². The number of hydrazone groups is 1. The topological polar surface area (TPSA) is 78.8 Å². The van der Waals surface area contributed by atoms with E-state index in [4.69, 9.17) is 23.2 Å². The zero-order valence-corrected chi connectivity index (χ0v) is 19.7. The van der Waals surface area contributed by atoms with E-state index >= 15 is 0 Å². The van der Waals surface area contributed by atoms with Crippen molar-refractivity contribution in [2.45, 2.75) is 18.7 Å². The van der Waals surface area contributed by atoms with Crippen LogP contribution in [-0.4, -0.2) is 27.1 Å². The van der Waals surface area contributed by atoms with Crippen molar-refractivity contribution in [3.05, 3.63) is 93.5 Å². The number of aryl methyl sites for hydroxylation is 2. The molecule has 3 aromatic rings. The zero-order valence-electron chi connectivity index (χ0n) is 17.4. The summed E-state index contributed by atoms with van der Waals surface area (Å²) in [6.07, 6.45) is 1.40. The minimum absolute atomic E-state index is 0.0908. The van der Waals surface area contributed by atoms with Gasteiger partial charge in [0.25, 0.3) is 15.9 Å². The van der Waals surface area contributed by atoms with Crippen LogP contribution in [0.3, 0.4) is 0 Å². The number of nitrogens with zero attached hydrogens (tertiary/aromatic N) is 2. The van der Waals surface area contributed by atoms with Gasteiger partial charge >= 0.3 is 0 Å². The van der Waals surface area contributed by atoms with Crippen molar-refractivity contribution in [1.29, 1.82) is 0 Å². The lowest BCUT2D eigenvalue weighted by Gasteiger charge is -2.25. The minimum atomic E-state index is -3.99. The van der Waals surface area contributed by atoms with E-state index in [2.05, 4.69) is 10.5 Å². The molecule has 0 saturated heterocycles. The third kappa shape index (κ3) is 5.68. The number of benzene rings is 3. The monoisotopic (exact) mass is 489 g/mol. The summed E-state index contributed by atoms with van der Waals surface area (Å²) >= 11 is 11.9. The number of rotatable bonds is 7. The SMILES string of the molecule is Cc1ccc(C)c(N(CC(=O)N/N=C\c2ccc(Cl)c(Cl)c2)S(=O)(=O)c2ccccc2)c1. The summed E-state index contributed by atoms with van der Waals surface area (Å²) in [7, 11) is -3.99. The summed E-state index contributed by atoms with van der Waals surface area (Å²) in [6.45, 7) is 3.21. The van der Waals surface area contributed by atoms with Gasteiger partial charge in [-0.15, -0.1) is 0 Å². The lowest BCUT2D eigenvalue weighted by molar-refractivity contribution is -0.119. The van der Waals surface area contributed by atoms with Gasteiger partial charge in [0.15, 0.2) is 0 Å². The molecule has 0 aliphatic heterocycles. The van der Waals surface area contributed by atoms with Gasteiger partial charge in [0, 0.05) is 0 Å². The van der Waals surface area contributed by atoms with Gasteiger partial charge in [0.1, 0.15) is 6.54 Å². The van der Waals surface area contributed by atoms with Crippen LogP contribution in [0.2, 0.25) is 10.0 Å². The Bertz CT molecular complexity index is 1260. The molecule has 0 radical (unpaired) electrons. The Morgan fingerprint density at radius 3 is 2.41 bits per heavy atom. The Labute approximate surface area is 197 Å². The maximum absolute atomic E-state index is 13.4. The number of nitrogens with one attached hydrogen (secondary N) is 1. The van der Waals surface area contributed by atoms with Crippen LogP contribution < -0.4 is 9.73 Å². The molecule has 9 heteroatoms. The van der Waals surface area contributed by atoms with Gasteiger partial charge in [0.2, 0.25) is 0 Å². The summed E-state index contributed by atoms with van der Waals surface area (Å²) in [4.78, 5) is 12.7. The molecule has 0 heterocycles. The standard InChI is InChI=1S/C23H21Cl2N3O3S/c1-16-8-9-17(2)22(12-16)28(32(30,31)19-6-4-3-5-7-19)15-23(29)27-26-14-18-10-11-20(24)21(25)13-18/h3-14H,15H2,1-2H3,(H,27,29)/b26-14-. The zero-order chi connectivity index (χ0) is 23.3. The average Bonchev–Trinajstić information content (AvgIpc) is 2.77. The molecule has 0 atom stereocenters. The first kappa shape index (κ1) is 23.8. The van der Waals surface area contributed by atoms with Crippen molar-refractivity contribution in [3.8, 4) is 0 Å². The number of hydrogen-bond donors (Lipinski definition) is 1. The minimum Gasteiger partial charge on any atom is -0.271 e. The van der Waals surface area contributed by atoms with Crippen LogP contribution in [-0.2, 0) is 14.8 Å². The van der Waals surface area contributed by atoms with Gasteiger partial charge in [-0.05, 0) is 60.9 Å². The molecule has 1 N–H and O–H groups in total. The maximum atomic E-state index is 13.4. The molecule has 1 amide bonds. The lowest BCUT2D eigenvalue weighted by atomic mass is 10.1. The second-order valence-corrected chi connectivity index (χ2v) is 9.76. The van der Waals surface area contributed by atoms with Crippen LogP contribution in [0.25, 0.3) is 0 Å². The number of halogens is 2. The highest BCUT2D eigenvalue weighted by Crippen LogP contribution is 2.27. The molecular weight excluding hydrogens is 469 g/mol. The number of amides is 1. The molecule has 3 aromatic carbocycles. The highest BCUT2D eigenvalue weighted by atomic mass is 35.5. The molecule has 0 bridgehead atoms. The molecule has 0 fully saturated rings. The van der Waals surface area contributed by atoms with Crippen molar-refractivity contribution in [3.63, 3.8) is 0 Å². The van der Waals surface area contributed by atoms with E-state index in [-0.39, 0.29) is 4.90 Å². The molecule has 3 rings (SSSR count). The molecule has 0 aliphatic carbocycles. The molecule has 32 heavy (non-hydrogen) atoms.